The number of ether oxygens (including phenoxy) is 1. The van der Waals surface area contributed by atoms with Crippen molar-refractivity contribution in [1.82, 2.24) is 30.1 Å². The van der Waals surface area contributed by atoms with E-state index < -0.39 is 17.5 Å². The third-order valence-corrected chi connectivity index (χ3v) is 11.1. The van der Waals surface area contributed by atoms with Crippen LogP contribution in [0.4, 0.5) is 0 Å². The second kappa shape index (κ2) is 20.7. The lowest BCUT2D eigenvalue weighted by atomic mass is 9.77. The molecule has 2 aliphatic carbocycles. The largest absolute Gasteiger partial charge is 0.481 e. The van der Waals surface area contributed by atoms with Crippen LogP contribution in [-0.4, -0.2) is 78.6 Å². The fourth-order valence-electron chi connectivity index (χ4n) is 8.07. The van der Waals surface area contributed by atoms with Gasteiger partial charge in [-0.2, -0.15) is 9.97 Å². The van der Waals surface area contributed by atoms with Gasteiger partial charge in [0.15, 0.2) is 11.6 Å². The number of rotatable bonds is 20. The summed E-state index contributed by atoms with van der Waals surface area (Å²) in [6, 6.07) is 0. The number of carboxylic acid groups (broad SMARTS) is 1. The van der Waals surface area contributed by atoms with Crippen LogP contribution >= 0.6 is 0 Å². The minimum absolute atomic E-state index is 0.0360. The van der Waals surface area contributed by atoms with E-state index in [-0.39, 0.29) is 55.6 Å². The summed E-state index contributed by atoms with van der Waals surface area (Å²) >= 11 is 0. The van der Waals surface area contributed by atoms with Gasteiger partial charge in [0.25, 0.3) is 0 Å². The van der Waals surface area contributed by atoms with Gasteiger partial charge in [0, 0.05) is 39.3 Å². The van der Waals surface area contributed by atoms with E-state index >= 15 is 0 Å². The highest BCUT2D eigenvalue weighted by atomic mass is 16.6. The summed E-state index contributed by atoms with van der Waals surface area (Å²) in [7, 11) is 3.41. The molecular weight excluding hydrogens is 692 g/mol. The average Bonchev–Trinajstić information content (AvgIpc) is 3.77. The van der Waals surface area contributed by atoms with Crippen molar-refractivity contribution >= 4 is 23.8 Å². The van der Waals surface area contributed by atoms with E-state index in [1.54, 1.807) is 19.0 Å². The summed E-state index contributed by atoms with van der Waals surface area (Å²) < 4.78 is 16.8. The van der Waals surface area contributed by atoms with E-state index in [0.29, 0.717) is 42.2 Å². The normalized spacial score (nSPS) is 19.2. The predicted molar refractivity (Wildman–Crippen MR) is 200 cm³/mol. The zero-order valence-electron chi connectivity index (χ0n) is 33.5. The smallest absolute Gasteiger partial charge is 0.307 e. The van der Waals surface area contributed by atoms with E-state index in [0.717, 1.165) is 63.7 Å². The number of aliphatic carboxylic acids is 1. The number of carbonyl (C=O) groups is 4. The highest BCUT2D eigenvalue weighted by Crippen LogP contribution is 2.36. The highest BCUT2D eigenvalue weighted by molar-refractivity contribution is 5.76. The first-order chi connectivity index (χ1) is 25.6. The Morgan fingerprint density at radius 3 is 1.89 bits per heavy atom. The van der Waals surface area contributed by atoms with Crippen LogP contribution < -0.4 is 0 Å². The van der Waals surface area contributed by atoms with Crippen molar-refractivity contribution in [3.8, 4) is 0 Å². The summed E-state index contributed by atoms with van der Waals surface area (Å²) in [5.41, 5.74) is -0.576. The molecule has 0 aromatic carbocycles. The number of esters is 1. The summed E-state index contributed by atoms with van der Waals surface area (Å²) in [6.45, 7) is 7.47. The Kier molecular flexibility index (Phi) is 16.5. The highest BCUT2D eigenvalue weighted by Gasteiger charge is 2.29. The molecule has 54 heavy (non-hydrogen) atoms. The van der Waals surface area contributed by atoms with Crippen molar-refractivity contribution in [2.45, 2.75) is 174 Å². The monoisotopic (exact) mass is 756 g/mol. The number of hydrogen-bond donors (Lipinski definition) is 1. The number of amides is 2. The van der Waals surface area contributed by atoms with Gasteiger partial charge in [0.2, 0.25) is 23.6 Å². The molecule has 0 radical (unpaired) electrons. The van der Waals surface area contributed by atoms with Gasteiger partial charge in [-0.05, 0) is 64.2 Å². The quantitative estimate of drug-likeness (QED) is 0.131. The topological polar surface area (TPSA) is 182 Å². The summed E-state index contributed by atoms with van der Waals surface area (Å²) in [4.78, 5) is 61.6. The molecule has 14 nitrogen and oxygen atoms in total. The van der Waals surface area contributed by atoms with Crippen LogP contribution in [0.25, 0.3) is 0 Å². The van der Waals surface area contributed by atoms with Gasteiger partial charge in [-0.1, -0.05) is 80.9 Å². The molecule has 2 saturated carbocycles. The minimum Gasteiger partial charge on any atom is -0.481 e. The lowest BCUT2D eigenvalue weighted by molar-refractivity contribution is -0.155. The third kappa shape index (κ3) is 14.8. The zero-order valence-corrected chi connectivity index (χ0v) is 33.5. The Hall–Kier alpha value is -3.84. The van der Waals surface area contributed by atoms with Gasteiger partial charge in [-0.25, -0.2) is 0 Å². The Bertz CT molecular complexity index is 1490. The van der Waals surface area contributed by atoms with Crippen LogP contribution in [-0.2, 0) is 37.0 Å². The van der Waals surface area contributed by atoms with E-state index in [1.807, 2.05) is 20.8 Å². The average molecular weight is 757 g/mol. The molecule has 2 aromatic heterocycles. The van der Waals surface area contributed by atoms with Crippen molar-refractivity contribution in [3.05, 3.63) is 23.4 Å². The maximum atomic E-state index is 13.4. The fourth-order valence-corrected chi connectivity index (χ4v) is 8.07. The summed E-state index contributed by atoms with van der Waals surface area (Å²) in [5.74, 6) is 1.06. The molecule has 1 N–H and O–H groups in total. The van der Waals surface area contributed by atoms with Crippen LogP contribution in [0.15, 0.2) is 9.05 Å². The number of carbonyl (C=O) groups excluding carboxylic acids is 3. The van der Waals surface area contributed by atoms with Crippen molar-refractivity contribution < 1.29 is 38.1 Å². The molecule has 0 saturated heterocycles. The van der Waals surface area contributed by atoms with Crippen LogP contribution in [0.2, 0.25) is 0 Å². The Morgan fingerprint density at radius 2 is 1.31 bits per heavy atom. The molecule has 2 aliphatic rings. The molecule has 2 unspecified atom stereocenters. The molecule has 2 amide bonds. The molecule has 0 bridgehead atoms. The lowest BCUT2D eigenvalue weighted by Crippen LogP contribution is -2.30. The number of aromatic nitrogens is 4. The van der Waals surface area contributed by atoms with Gasteiger partial charge in [0.05, 0.1) is 25.9 Å². The molecule has 2 heterocycles. The zero-order chi connectivity index (χ0) is 39.3. The van der Waals surface area contributed by atoms with E-state index in [1.165, 1.54) is 43.9 Å². The van der Waals surface area contributed by atoms with Crippen LogP contribution in [0.3, 0.4) is 0 Å². The van der Waals surface area contributed by atoms with Gasteiger partial charge < -0.3 is 28.7 Å². The first kappa shape index (κ1) is 42.9. The number of nitrogens with zero attached hydrogens (tertiary/aromatic N) is 6. The number of hydrogen-bond acceptors (Lipinski definition) is 11. The maximum absolute atomic E-state index is 13.4. The van der Waals surface area contributed by atoms with Gasteiger partial charge in [0.1, 0.15) is 5.60 Å². The predicted octanol–water partition coefficient (Wildman–Crippen LogP) is 7.58. The molecular formula is C40H64N6O8. The second-order valence-corrected chi connectivity index (χ2v) is 17.0. The van der Waals surface area contributed by atoms with Crippen molar-refractivity contribution in [2.24, 2.45) is 17.8 Å². The molecule has 302 valence electrons. The van der Waals surface area contributed by atoms with Crippen LogP contribution in [0, 0.1) is 17.8 Å². The molecule has 4 rings (SSSR count). The van der Waals surface area contributed by atoms with Gasteiger partial charge >= 0.3 is 11.9 Å². The van der Waals surface area contributed by atoms with Crippen molar-refractivity contribution in [2.75, 3.05) is 14.1 Å². The first-order valence-corrected chi connectivity index (χ1v) is 20.2. The van der Waals surface area contributed by atoms with E-state index in [4.69, 9.17) is 13.8 Å². The van der Waals surface area contributed by atoms with Crippen molar-refractivity contribution in [1.29, 1.82) is 0 Å². The van der Waals surface area contributed by atoms with Crippen LogP contribution in [0.1, 0.15) is 179 Å². The number of carboxylic acids is 1. The first-order valence-electron chi connectivity index (χ1n) is 20.2. The van der Waals surface area contributed by atoms with Gasteiger partial charge in [-0.15, -0.1) is 0 Å². The Morgan fingerprint density at radius 1 is 0.778 bits per heavy atom. The minimum atomic E-state index is -0.927. The molecule has 2 aromatic rings. The maximum Gasteiger partial charge on any atom is 0.307 e. The molecule has 0 spiro atoms. The fraction of sp³-hybridized carbons (Fsp3) is 0.800. The second-order valence-electron chi connectivity index (χ2n) is 17.0. The van der Waals surface area contributed by atoms with Crippen molar-refractivity contribution in [3.63, 3.8) is 0 Å². The summed E-state index contributed by atoms with van der Waals surface area (Å²) in [5, 5.41) is 17.7. The standard InChI is InChI=1S/C40H64N6O8/c1-27(47)45(5)25-33-41-38(53-43-33)31(23-36(49)50)19-12-17-29-16-10-18-30(21-29)22-35(48)46(6)26-34-42-39(54-44-34)32(24-37(51)52-40(2,3)4)20-11-15-28-13-8-7-9-14-28/h28-32H,7-26H2,1-6H3,(H,49,50)/t29?,30?,31-,32-/m1/s1. The Labute approximate surface area is 320 Å². The third-order valence-electron chi connectivity index (χ3n) is 11.1. The SMILES string of the molecule is CC(=O)N(C)Cc1noc([C@H](CCCC2CCCC(CC(=O)N(C)Cc3noc([C@H](CCCC4CCCCC4)CC(=O)OC(C)(C)C)n3)C2)CC(=O)O)n1. The molecule has 4 atom stereocenters. The molecule has 14 heteroatoms. The van der Waals surface area contributed by atoms with E-state index in [2.05, 4.69) is 20.3 Å². The lowest BCUT2D eigenvalue weighted by Gasteiger charge is -2.30. The Balaban J connectivity index is 1.25. The molecule has 2 fully saturated rings. The van der Waals surface area contributed by atoms with E-state index in [9.17, 15) is 24.3 Å². The van der Waals surface area contributed by atoms with Gasteiger partial charge in [-0.3, -0.25) is 19.2 Å². The van der Waals surface area contributed by atoms with Crippen LogP contribution in [0.5, 0.6) is 0 Å². The molecule has 0 aliphatic heterocycles. The summed E-state index contributed by atoms with van der Waals surface area (Å²) in [6.07, 6.45) is 16.3.